The maximum absolute atomic E-state index is 11.3. The number of benzene rings is 3. The number of hydrogen-bond donors (Lipinski definition) is 1. The smallest absolute Gasteiger partial charge is 0.335 e. The van der Waals surface area contributed by atoms with E-state index in [2.05, 4.69) is 35.3 Å². The first-order chi connectivity index (χ1) is 15.7. The van der Waals surface area contributed by atoms with Crippen LogP contribution >= 0.6 is 0 Å². The highest BCUT2D eigenvalue weighted by Crippen LogP contribution is 2.28. The molecule has 0 amide bonds. The van der Waals surface area contributed by atoms with Gasteiger partial charge in [0, 0.05) is 23.5 Å². The standard InChI is InChI=1S/C27H19N3O2/c31-27(32)22-14-15-28-24(17-22)13-12-23-18-30(25-8-2-1-3-9-25)29-26(23)21-11-10-19-6-4-5-7-20(19)16-21/h1-18H,(H,31,32). The van der Waals surface area contributed by atoms with Gasteiger partial charge in [-0.2, -0.15) is 5.10 Å². The maximum Gasteiger partial charge on any atom is 0.335 e. The van der Waals surface area contributed by atoms with Crippen LogP contribution in [-0.2, 0) is 0 Å². The van der Waals surface area contributed by atoms with Crippen molar-refractivity contribution in [1.82, 2.24) is 14.8 Å². The van der Waals surface area contributed by atoms with Gasteiger partial charge in [-0.15, -0.1) is 0 Å². The van der Waals surface area contributed by atoms with Crippen molar-refractivity contribution in [3.8, 4) is 16.9 Å². The Labute approximate surface area is 184 Å². The first kappa shape index (κ1) is 19.5. The summed E-state index contributed by atoms with van der Waals surface area (Å²) in [4.78, 5) is 15.5. The van der Waals surface area contributed by atoms with E-state index in [1.165, 1.54) is 17.6 Å². The number of carboxylic acid groups (broad SMARTS) is 1. The van der Waals surface area contributed by atoms with Crippen molar-refractivity contribution >= 4 is 28.9 Å². The van der Waals surface area contributed by atoms with Crippen molar-refractivity contribution in [2.24, 2.45) is 0 Å². The van der Waals surface area contributed by atoms with Gasteiger partial charge in [0.25, 0.3) is 0 Å². The minimum atomic E-state index is -0.976. The van der Waals surface area contributed by atoms with Gasteiger partial charge < -0.3 is 5.11 Å². The van der Waals surface area contributed by atoms with Gasteiger partial charge in [0.2, 0.25) is 0 Å². The summed E-state index contributed by atoms with van der Waals surface area (Å²) in [5.74, 6) is -0.976. The van der Waals surface area contributed by atoms with Crippen LogP contribution < -0.4 is 0 Å². The fourth-order valence-corrected chi connectivity index (χ4v) is 3.63. The summed E-state index contributed by atoms with van der Waals surface area (Å²) >= 11 is 0. The van der Waals surface area contributed by atoms with Gasteiger partial charge in [0.15, 0.2) is 0 Å². The number of carbonyl (C=O) groups is 1. The highest BCUT2D eigenvalue weighted by Gasteiger charge is 2.11. The van der Waals surface area contributed by atoms with E-state index in [4.69, 9.17) is 5.10 Å². The van der Waals surface area contributed by atoms with Crippen LogP contribution in [0.15, 0.2) is 97.3 Å². The minimum Gasteiger partial charge on any atom is -0.478 e. The van der Waals surface area contributed by atoms with Crippen LogP contribution in [0.1, 0.15) is 21.6 Å². The Morgan fingerprint density at radius 3 is 2.44 bits per heavy atom. The molecular formula is C27H19N3O2. The van der Waals surface area contributed by atoms with E-state index < -0.39 is 5.97 Å². The summed E-state index contributed by atoms with van der Waals surface area (Å²) in [5.41, 5.74) is 4.48. The minimum absolute atomic E-state index is 0.203. The molecule has 0 aliphatic carbocycles. The molecule has 0 unspecified atom stereocenters. The molecule has 0 saturated carbocycles. The average Bonchev–Trinajstić information content (AvgIpc) is 3.27. The van der Waals surface area contributed by atoms with Crippen LogP contribution in [0.2, 0.25) is 0 Å². The molecule has 0 saturated heterocycles. The lowest BCUT2D eigenvalue weighted by atomic mass is 10.0. The van der Waals surface area contributed by atoms with Gasteiger partial charge in [-0.05, 0) is 53.3 Å². The Hall–Kier alpha value is -4.51. The van der Waals surface area contributed by atoms with E-state index in [-0.39, 0.29) is 5.56 Å². The highest BCUT2D eigenvalue weighted by atomic mass is 16.4. The molecule has 1 N–H and O–H groups in total. The molecule has 0 fully saturated rings. The molecule has 32 heavy (non-hydrogen) atoms. The third kappa shape index (κ3) is 3.91. The molecular weight excluding hydrogens is 398 g/mol. The molecule has 154 valence electrons. The molecule has 5 aromatic rings. The topological polar surface area (TPSA) is 68.0 Å². The molecule has 0 radical (unpaired) electrons. The van der Waals surface area contributed by atoms with Gasteiger partial charge in [0.05, 0.1) is 22.6 Å². The normalized spacial score (nSPS) is 11.2. The molecule has 0 aliphatic rings. The third-order valence-corrected chi connectivity index (χ3v) is 5.25. The largest absolute Gasteiger partial charge is 0.478 e. The van der Waals surface area contributed by atoms with E-state index in [1.54, 1.807) is 6.07 Å². The van der Waals surface area contributed by atoms with Crippen LogP contribution in [0, 0.1) is 0 Å². The van der Waals surface area contributed by atoms with Crippen molar-refractivity contribution in [3.05, 3.63) is 114 Å². The van der Waals surface area contributed by atoms with E-state index in [1.807, 2.05) is 65.5 Å². The maximum atomic E-state index is 11.3. The lowest BCUT2D eigenvalue weighted by molar-refractivity contribution is 0.0696. The fourth-order valence-electron chi connectivity index (χ4n) is 3.63. The molecule has 0 aliphatic heterocycles. The third-order valence-electron chi connectivity index (χ3n) is 5.25. The van der Waals surface area contributed by atoms with Gasteiger partial charge >= 0.3 is 5.97 Å². The number of nitrogens with zero attached hydrogens (tertiary/aromatic N) is 3. The summed E-state index contributed by atoms with van der Waals surface area (Å²) in [5, 5.41) is 16.4. The second-order valence-electron chi connectivity index (χ2n) is 7.38. The van der Waals surface area contributed by atoms with E-state index in [9.17, 15) is 9.90 Å². The highest BCUT2D eigenvalue weighted by molar-refractivity contribution is 5.90. The molecule has 5 rings (SSSR count). The molecule has 2 aromatic heterocycles. The second-order valence-corrected chi connectivity index (χ2v) is 7.38. The summed E-state index contributed by atoms with van der Waals surface area (Å²) in [6.45, 7) is 0. The SMILES string of the molecule is O=C(O)c1ccnc(C=Cc2cn(-c3ccccc3)nc2-c2ccc3ccccc3c2)c1. The van der Waals surface area contributed by atoms with Crippen molar-refractivity contribution in [3.63, 3.8) is 0 Å². The van der Waals surface area contributed by atoms with E-state index in [0.717, 1.165) is 27.9 Å². The molecule has 3 aromatic carbocycles. The molecule has 0 spiro atoms. The van der Waals surface area contributed by atoms with Crippen LogP contribution in [0.3, 0.4) is 0 Å². The van der Waals surface area contributed by atoms with Crippen molar-refractivity contribution in [1.29, 1.82) is 0 Å². The molecule has 2 heterocycles. The first-order valence-corrected chi connectivity index (χ1v) is 10.2. The molecule has 5 nitrogen and oxygen atoms in total. The summed E-state index contributed by atoms with van der Waals surface area (Å²) < 4.78 is 1.85. The zero-order valence-electron chi connectivity index (χ0n) is 17.1. The Balaban J connectivity index is 1.61. The first-order valence-electron chi connectivity index (χ1n) is 10.2. The van der Waals surface area contributed by atoms with Crippen molar-refractivity contribution in [2.75, 3.05) is 0 Å². The van der Waals surface area contributed by atoms with Crippen LogP contribution in [-0.4, -0.2) is 25.8 Å². The van der Waals surface area contributed by atoms with Crippen LogP contribution in [0.5, 0.6) is 0 Å². The number of pyridine rings is 1. The summed E-state index contributed by atoms with van der Waals surface area (Å²) in [6.07, 6.45) is 7.20. The predicted octanol–water partition coefficient (Wildman–Crippen LogP) is 5.96. The second kappa shape index (κ2) is 8.32. The lowest BCUT2D eigenvalue weighted by Gasteiger charge is -2.03. The Bertz CT molecular complexity index is 1450. The quantitative estimate of drug-likeness (QED) is 0.383. The van der Waals surface area contributed by atoms with Gasteiger partial charge in [-0.25, -0.2) is 9.48 Å². The fraction of sp³-hybridized carbons (Fsp3) is 0. The molecule has 5 heteroatoms. The zero-order chi connectivity index (χ0) is 21.9. The Kier molecular flexibility index (Phi) is 5.06. The van der Waals surface area contributed by atoms with Gasteiger partial charge in [-0.3, -0.25) is 4.98 Å². The zero-order valence-corrected chi connectivity index (χ0v) is 17.1. The van der Waals surface area contributed by atoms with Crippen molar-refractivity contribution < 1.29 is 9.90 Å². The van der Waals surface area contributed by atoms with Gasteiger partial charge in [-0.1, -0.05) is 54.6 Å². The van der Waals surface area contributed by atoms with Gasteiger partial charge in [0.1, 0.15) is 0 Å². The monoisotopic (exact) mass is 417 g/mol. The number of hydrogen-bond acceptors (Lipinski definition) is 3. The van der Waals surface area contributed by atoms with Crippen molar-refractivity contribution in [2.45, 2.75) is 0 Å². The summed E-state index contributed by atoms with van der Waals surface area (Å²) in [6, 6.07) is 27.5. The number of para-hydroxylation sites is 1. The number of fused-ring (bicyclic) bond motifs is 1. The Morgan fingerprint density at radius 2 is 1.62 bits per heavy atom. The number of aromatic carboxylic acids is 1. The lowest BCUT2D eigenvalue weighted by Crippen LogP contribution is -1.96. The number of aromatic nitrogens is 3. The number of carboxylic acids is 1. The Morgan fingerprint density at radius 1 is 0.844 bits per heavy atom. The average molecular weight is 417 g/mol. The number of rotatable bonds is 5. The van der Waals surface area contributed by atoms with Crippen LogP contribution in [0.4, 0.5) is 0 Å². The van der Waals surface area contributed by atoms with E-state index >= 15 is 0 Å². The van der Waals surface area contributed by atoms with Crippen LogP contribution in [0.25, 0.3) is 39.9 Å². The molecule has 0 bridgehead atoms. The summed E-state index contributed by atoms with van der Waals surface area (Å²) in [7, 11) is 0. The predicted molar refractivity (Wildman–Crippen MR) is 127 cm³/mol. The van der Waals surface area contributed by atoms with E-state index in [0.29, 0.717) is 5.69 Å². The molecule has 0 atom stereocenters.